The molecule has 1 amide bonds. The number of unbranched alkanes of at least 4 members (excludes halogenated alkanes) is 2. The molecule has 1 heterocycles. The van der Waals surface area contributed by atoms with Gasteiger partial charge in [0.1, 0.15) is 0 Å². The number of rotatable bonds is 9. The fraction of sp³-hybridized carbons (Fsp3) is 0.824. The minimum atomic E-state index is -2.15. The van der Waals surface area contributed by atoms with Gasteiger partial charge < -0.3 is 27.2 Å². The van der Waals surface area contributed by atoms with E-state index in [1.54, 1.807) is 13.8 Å². The molecule has 1 aliphatic heterocycles. The Morgan fingerprint density at radius 3 is 2.28 bits per heavy atom. The van der Waals surface area contributed by atoms with Gasteiger partial charge in [0.25, 0.3) is 0 Å². The average Bonchev–Trinajstić information content (AvgIpc) is 2.87. The molecular formula is C17H32N4O4. The van der Waals surface area contributed by atoms with Crippen molar-refractivity contribution in [3.63, 3.8) is 0 Å². The molecule has 3 unspecified atom stereocenters. The lowest BCUT2D eigenvalue weighted by molar-refractivity contribution is -0.166. The fourth-order valence-corrected chi connectivity index (χ4v) is 3.69. The maximum Gasteiger partial charge on any atom is 0.339 e. The average molecular weight is 356 g/mol. The van der Waals surface area contributed by atoms with E-state index in [1.165, 1.54) is 0 Å². The van der Waals surface area contributed by atoms with Crippen LogP contribution < -0.4 is 17.2 Å². The van der Waals surface area contributed by atoms with E-state index >= 15 is 0 Å². The van der Waals surface area contributed by atoms with E-state index in [1.807, 2.05) is 6.92 Å². The van der Waals surface area contributed by atoms with Gasteiger partial charge in [-0.2, -0.15) is 0 Å². The molecule has 25 heavy (non-hydrogen) atoms. The SMILES string of the molecule is CCCCCC1(N)CCN(C(=O)C(N)C(C)C)C1(C(=O)O)C(=O)CN. The number of carbonyl (C=O) groups is 3. The van der Waals surface area contributed by atoms with Gasteiger partial charge in [-0.3, -0.25) is 9.59 Å². The zero-order valence-electron chi connectivity index (χ0n) is 15.5. The second-order valence-electron chi connectivity index (χ2n) is 7.27. The molecule has 8 nitrogen and oxygen atoms in total. The predicted octanol–water partition coefficient (Wildman–Crippen LogP) is -0.169. The van der Waals surface area contributed by atoms with Gasteiger partial charge in [-0.05, 0) is 18.8 Å². The topological polar surface area (TPSA) is 153 Å². The highest BCUT2D eigenvalue weighted by Crippen LogP contribution is 2.42. The van der Waals surface area contributed by atoms with Gasteiger partial charge in [-0.1, -0.05) is 40.0 Å². The monoisotopic (exact) mass is 356 g/mol. The van der Waals surface area contributed by atoms with Gasteiger partial charge in [0.05, 0.1) is 18.1 Å². The first-order valence-electron chi connectivity index (χ1n) is 8.92. The molecule has 144 valence electrons. The third kappa shape index (κ3) is 3.56. The number of carbonyl (C=O) groups excluding carboxylic acids is 2. The zero-order valence-corrected chi connectivity index (χ0v) is 15.5. The summed E-state index contributed by atoms with van der Waals surface area (Å²) in [5.74, 6) is -2.94. The van der Waals surface area contributed by atoms with Gasteiger partial charge in [0.15, 0.2) is 5.78 Å². The Kier molecular flexibility index (Phi) is 7.10. The van der Waals surface area contributed by atoms with Crippen molar-refractivity contribution >= 4 is 17.7 Å². The van der Waals surface area contributed by atoms with Gasteiger partial charge in [0.2, 0.25) is 11.4 Å². The summed E-state index contributed by atoms with van der Waals surface area (Å²) in [5.41, 5.74) is 14.4. The van der Waals surface area contributed by atoms with Crippen molar-refractivity contribution in [3.8, 4) is 0 Å². The molecule has 8 heteroatoms. The number of amides is 1. The van der Waals surface area contributed by atoms with Crippen LogP contribution in [-0.4, -0.2) is 57.9 Å². The summed E-state index contributed by atoms with van der Waals surface area (Å²) in [5, 5.41) is 10.0. The van der Waals surface area contributed by atoms with Crippen molar-refractivity contribution in [3.05, 3.63) is 0 Å². The number of ketones is 1. The number of aliphatic carboxylic acids is 1. The summed E-state index contributed by atoms with van der Waals surface area (Å²) in [4.78, 5) is 38.9. The van der Waals surface area contributed by atoms with E-state index in [0.29, 0.717) is 12.8 Å². The summed E-state index contributed by atoms with van der Waals surface area (Å²) < 4.78 is 0. The summed E-state index contributed by atoms with van der Waals surface area (Å²) in [6.45, 7) is 5.13. The number of Topliss-reactive ketones (excluding diaryl/α,β-unsaturated/α-hetero) is 1. The van der Waals surface area contributed by atoms with Crippen LogP contribution in [-0.2, 0) is 14.4 Å². The Morgan fingerprint density at radius 2 is 1.84 bits per heavy atom. The minimum Gasteiger partial charge on any atom is -0.479 e. The number of hydrogen-bond acceptors (Lipinski definition) is 6. The van der Waals surface area contributed by atoms with Crippen molar-refractivity contribution in [1.82, 2.24) is 4.90 Å². The van der Waals surface area contributed by atoms with Crippen molar-refractivity contribution in [1.29, 1.82) is 0 Å². The summed E-state index contributed by atoms with van der Waals surface area (Å²) in [6.07, 6.45) is 3.04. The lowest BCUT2D eigenvalue weighted by atomic mass is 9.71. The van der Waals surface area contributed by atoms with Crippen LogP contribution in [0, 0.1) is 5.92 Å². The van der Waals surface area contributed by atoms with Crippen LogP contribution in [0.3, 0.4) is 0 Å². The predicted molar refractivity (Wildman–Crippen MR) is 94.6 cm³/mol. The standard InChI is InChI=1S/C17H32N4O4/c1-4-5-6-7-16(20)8-9-21(14(23)13(19)11(2)3)17(16,15(24)25)12(22)10-18/h11,13H,4-10,18-20H2,1-3H3,(H,24,25). The molecule has 0 aliphatic carbocycles. The quantitative estimate of drug-likeness (QED) is 0.330. The van der Waals surface area contributed by atoms with Crippen molar-refractivity contribution in [2.75, 3.05) is 13.1 Å². The van der Waals surface area contributed by atoms with E-state index in [9.17, 15) is 19.5 Å². The molecule has 1 saturated heterocycles. The van der Waals surface area contributed by atoms with Crippen molar-refractivity contribution in [2.24, 2.45) is 23.1 Å². The fourth-order valence-electron chi connectivity index (χ4n) is 3.69. The third-order valence-corrected chi connectivity index (χ3v) is 5.30. The number of carboxylic acids is 1. The van der Waals surface area contributed by atoms with Crippen LogP contribution in [0.4, 0.5) is 0 Å². The lowest BCUT2D eigenvalue weighted by Crippen LogP contribution is -2.74. The van der Waals surface area contributed by atoms with Crippen molar-refractivity contribution in [2.45, 2.75) is 70.0 Å². The maximum atomic E-state index is 12.8. The molecule has 1 rings (SSSR count). The normalized spacial score (nSPS) is 27.6. The van der Waals surface area contributed by atoms with Crippen LogP contribution >= 0.6 is 0 Å². The first kappa shape index (κ1) is 21.5. The minimum absolute atomic E-state index is 0.0833. The van der Waals surface area contributed by atoms with Crippen LogP contribution in [0.1, 0.15) is 52.9 Å². The molecule has 0 aromatic heterocycles. The number of likely N-dealkylation sites (tertiary alicyclic amines) is 1. The molecular weight excluding hydrogens is 324 g/mol. The van der Waals surface area contributed by atoms with E-state index in [-0.39, 0.29) is 18.9 Å². The highest BCUT2D eigenvalue weighted by Gasteiger charge is 2.67. The second-order valence-corrected chi connectivity index (χ2v) is 7.27. The Bertz CT molecular complexity index is 525. The molecule has 0 saturated carbocycles. The number of hydrogen-bond donors (Lipinski definition) is 4. The molecule has 1 aliphatic rings. The maximum absolute atomic E-state index is 12.8. The van der Waals surface area contributed by atoms with Gasteiger partial charge in [-0.25, -0.2) is 4.79 Å². The summed E-state index contributed by atoms with van der Waals surface area (Å²) >= 11 is 0. The molecule has 1 fully saturated rings. The van der Waals surface area contributed by atoms with Crippen molar-refractivity contribution < 1.29 is 19.5 Å². The Balaban J connectivity index is 3.41. The van der Waals surface area contributed by atoms with E-state index in [2.05, 4.69) is 0 Å². The van der Waals surface area contributed by atoms with Crippen LogP contribution in [0.25, 0.3) is 0 Å². The molecule has 3 atom stereocenters. The Morgan fingerprint density at radius 1 is 1.24 bits per heavy atom. The van der Waals surface area contributed by atoms with Gasteiger partial charge >= 0.3 is 5.97 Å². The number of nitrogens with two attached hydrogens (primary N) is 3. The molecule has 0 spiro atoms. The Hall–Kier alpha value is -1.51. The smallest absolute Gasteiger partial charge is 0.339 e. The molecule has 0 aromatic rings. The highest BCUT2D eigenvalue weighted by molar-refractivity contribution is 6.13. The van der Waals surface area contributed by atoms with Gasteiger partial charge in [-0.15, -0.1) is 0 Å². The molecule has 0 bridgehead atoms. The second kappa shape index (κ2) is 8.25. The van der Waals surface area contributed by atoms with Crippen LogP contribution in [0.15, 0.2) is 0 Å². The molecule has 7 N–H and O–H groups in total. The molecule has 0 radical (unpaired) electrons. The zero-order chi connectivity index (χ0) is 19.4. The summed E-state index contributed by atoms with van der Waals surface area (Å²) in [7, 11) is 0. The van der Waals surface area contributed by atoms with E-state index in [0.717, 1.165) is 17.7 Å². The third-order valence-electron chi connectivity index (χ3n) is 5.30. The van der Waals surface area contributed by atoms with E-state index < -0.39 is 41.3 Å². The first-order valence-corrected chi connectivity index (χ1v) is 8.92. The lowest BCUT2D eigenvalue weighted by Gasteiger charge is -2.43. The first-order chi connectivity index (χ1) is 11.6. The number of nitrogens with zero attached hydrogens (tertiary/aromatic N) is 1. The largest absolute Gasteiger partial charge is 0.479 e. The van der Waals surface area contributed by atoms with Crippen LogP contribution in [0.2, 0.25) is 0 Å². The Labute approximate surface area is 149 Å². The van der Waals surface area contributed by atoms with Gasteiger partial charge in [0, 0.05) is 6.54 Å². The number of carboxylic acid groups (broad SMARTS) is 1. The molecule has 0 aromatic carbocycles. The summed E-state index contributed by atoms with van der Waals surface area (Å²) in [6, 6.07) is -0.901. The van der Waals surface area contributed by atoms with E-state index in [4.69, 9.17) is 17.2 Å². The van der Waals surface area contributed by atoms with Crippen LogP contribution in [0.5, 0.6) is 0 Å². The highest BCUT2D eigenvalue weighted by atomic mass is 16.4.